The number of rotatable bonds is 2. The molecule has 2 aliphatic rings. The van der Waals surface area contributed by atoms with Crippen LogP contribution in [0.15, 0.2) is 41.5 Å². The number of hydrazone groups is 1. The van der Waals surface area contributed by atoms with Crippen LogP contribution in [0.5, 0.6) is 0 Å². The quantitative estimate of drug-likeness (QED) is 0.759. The van der Waals surface area contributed by atoms with Crippen molar-refractivity contribution >= 4 is 46.4 Å². The van der Waals surface area contributed by atoms with E-state index < -0.39 is 6.23 Å². The molecule has 1 saturated heterocycles. The van der Waals surface area contributed by atoms with Crippen molar-refractivity contribution in [3.63, 3.8) is 0 Å². The van der Waals surface area contributed by atoms with Gasteiger partial charge in [-0.25, -0.2) is 0 Å². The Morgan fingerprint density at radius 1 is 1.11 bits per heavy atom. The number of hydrogen-bond donors (Lipinski definition) is 1. The minimum atomic E-state index is -1.01. The Balaban J connectivity index is 1.82. The van der Waals surface area contributed by atoms with Gasteiger partial charge in [0.05, 0.1) is 21.8 Å². The molecule has 0 aromatic heterocycles. The Labute approximate surface area is 178 Å². The minimum absolute atomic E-state index is 0.0339. The van der Waals surface area contributed by atoms with Gasteiger partial charge in [0.15, 0.2) is 6.23 Å². The van der Waals surface area contributed by atoms with Gasteiger partial charge in [-0.15, -0.1) is 0 Å². The summed E-state index contributed by atoms with van der Waals surface area (Å²) in [4.78, 5) is 13.9. The lowest BCUT2D eigenvalue weighted by Gasteiger charge is -2.40. The molecule has 2 aromatic carbocycles. The summed E-state index contributed by atoms with van der Waals surface area (Å²) in [5.41, 5.74) is 2.81. The maximum absolute atomic E-state index is 12.2. The molecule has 2 heterocycles. The zero-order valence-corrected chi connectivity index (χ0v) is 17.3. The number of hydrogen-bond acceptors (Lipinski definition) is 4. The molecule has 2 aliphatic heterocycles. The fourth-order valence-corrected chi connectivity index (χ4v) is 4.06. The van der Waals surface area contributed by atoms with E-state index in [0.29, 0.717) is 51.3 Å². The molecule has 2 aromatic rings. The fourth-order valence-electron chi connectivity index (χ4n) is 3.60. The van der Waals surface area contributed by atoms with Gasteiger partial charge in [-0.05, 0) is 30.7 Å². The van der Waals surface area contributed by atoms with Gasteiger partial charge in [-0.1, -0.05) is 46.9 Å². The van der Waals surface area contributed by atoms with Crippen molar-refractivity contribution < 1.29 is 9.90 Å². The van der Waals surface area contributed by atoms with Crippen molar-refractivity contribution in [2.75, 3.05) is 13.6 Å². The highest BCUT2D eigenvalue weighted by atomic mass is 35.5. The van der Waals surface area contributed by atoms with E-state index in [1.54, 1.807) is 41.2 Å². The first kappa shape index (κ1) is 19.5. The molecule has 5 nitrogen and oxygen atoms in total. The predicted molar refractivity (Wildman–Crippen MR) is 111 cm³/mol. The monoisotopic (exact) mass is 437 g/mol. The SMILES string of the molecule is CN1CCC(N2N=C(c3ccc(Cl)cc3)c3cc(Cl)c(Cl)cc3C2O)CC1=O. The summed E-state index contributed by atoms with van der Waals surface area (Å²) >= 11 is 18.5. The molecule has 2 unspecified atom stereocenters. The van der Waals surface area contributed by atoms with Crippen LogP contribution < -0.4 is 0 Å². The molecule has 0 aliphatic carbocycles. The van der Waals surface area contributed by atoms with Crippen LogP contribution in [0.1, 0.15) is 35.8 Å². The van der Waals surface area contributed by atoms with Crippen LogP contribution in [0, 0.1) is 0 Å². The standard InChI is InChI=1S/C20H18Cl3N3O2/c1-25-7-6-13(8-18(25)27)26-20(28)15-10-17(23)16(22)9-14(15)19(24-26)11-2-4-12(21)5-3-11/h2-5,9-10,13,20,28H,6-8H2,1H3. The second-order valence-corrected chi connectivity index (χ2v) is 8.28. The summed E-state index contributed by atoms with van der Waals surface area (Å²) in [6.45, 7) is 0.618. The average Bonchev–Trinajstić information content (AvgIpc) is 2.67. The molecule has 28 heavy (non-hydrogen) atoms. The van der Waals surface area contributed by atoms with E-state index in [1.165, 1.54) is 0 Å². The molecule has 1 fully saturated rings. The van der Waals surface area contributed by atoms with Gasteiger partial charge in [-0.2, -0.15) is 5.10 Å². The Bertz CT molecular complexity index is 962. The van der Waals surface area contributed by atoms with Crippen molar-refractivity contribution in [2.45, 2.75) is 25.1 Å². The van der Waals surface area contributed by atoms with Crippen LogP contribution in [0.25, 0.3) is 0 Å². The molecule has 0 radical (unpaired) electrons. The third-order valence-electron chi connectivity index (χ3n) is 5.22. The topological polar surface area (TPSA) is 56.1 Å². The second-order valence-electron chi connectivity index (χ2n) is 7.02. The number of nitrogens with zero attached hydrogens (tertiary/aromatic N) is 3. The highest BCUT2D eigenvalue weighted by Gasteiger charge is 2.36. The number of carbonyl (C=O) groups excluding carboxylic acids is 1. The van der Waals surface area contributed by atoms with E-state index in [2.05, 4.69) is 0 Å². The Morgan fingerprint density at radius 2 is 1.79 bits per heavy atom. The predicted octanol–water partition coefficient (Wildman–Crippen LogP) is 4.33. The molecule has 1 N–H and O–H groups in total. The number of carbonyl (C=O) groups is 1. The molecule has 0 spiro atoms. The van der Waals surface area contributed by atoms with Crippen LogP contribution in [0.3, 0.4) is 0 Å². The Morgan fingerprint density at radius 3 is 2.46 bits per heavy atom. The summed E-state index contributed by atoms with van der Waals surface area (Å²) in [5, 5.41) is 18.7. The molecule has 146 valence electrons. The average molecular weight is 439 g/mol. The number of benzene rings is 2. The van der Waals surface area contributed by atoms with E-state index in [4.69, 9.17) is 39.9 Å². The van der Waals surface area contributed by atoms with Gasteiger partial charge in [0.25, 0.3) is 0 Å². The summed E-state index contributed by atoms with van der Waals surface area (Å²) in [7, 11) is 1.78. The number of halogens is 3. The van der Waals surface area contributed by atoms with Crippen molar-refractivity contribution in [1.82, 2.24) is 9.91 Å². The first-order valence-corrected chi connectivity index (χ1v) is 10.0. The first-order chi connectivity index (χ1) is 13.3. The second kappa shape index (κ2) is 7.56. The molecular formula is C20H18Cl3N3O2. The van der Waals surface area contributed by atoms with Gasteiger partial charge >= 0.3 is 0 Å². The van der Waals surface area contributed by atoms with E-state index in [0.717, 1.165) is 5.56 Å². The van der Waals surface area contributed by atoms with E-state index in [-0.39, 0.29) is 11.9 Å². The molecule has 8 heteroatoms. The fraction of sp³-hybridized carbons (Fsp3) is 0.300. The Kier molecular flexibility index (Phi) is 5.27. The molecule has 0 bridgehead atoms. The third kappa shape index (κ3) is 3.48. The number of amides is 1. The first-order valence-electron chi connectivity index (χ1n) is 8.89. The van der Waals surface area contributed by atoms with Crippen LogP contribution >= 0.6 is 34.8 Å². The smallest absolute Gasteiger partial charge is 0.224 e. The van der Waals surface area contributed by atoms with Gasteiger partial charge < -0.3 is 10.0 Å². The van der Waals surface area contributed by atoms with E-state index >= 15 is 0 Å². The number of fused-ring (bicyclic) bond motifs is 1. The summed E-state index contributed by atoms with van der Waals surface area (Å²) in [6, 6.07) is 10.5. The zero-order valence-electron chi connectivity index (χ0n) is 15.1. The maximum atomic E-state index is 12.2. The van der Waals surface area contributed by atoms with Crippen molar-refractivity contribution in [2.24, 2.45) is 5.10 Å². The highest BCUT2D eigenvalue weighted by molar-refractivity contribution is 6.42. The van der Waals surface area contributed by atoms with Gasteiger partial charge in [0, 0.05) is 41.7 Å². The van der Waals surface area contributed by atoms with Gasteiger partial charge in [-0.3, -0.25) is 9.80 Å². The molecular weight excluding hydrogens is 421 g/mol. The lowest BCUT2D eigenvalue weighted by Crippen LogP contribution is -2.47. The lowest BCUT2D eigenvalue weighted by molar-refractivity contribution is -0.136. The lowest BCUT2D eigenvalue weighted by atomic mass is 9.93. The number of likely N-dealkylation sites (tertiary alicyclic amines) is 1. The van der Waals surface area contributed by atoms with Crippen molar-refractivity contribution in [3.8, 4) is 0 Å². The number of aliphatic hydroxyl groups excluding tert-OH is 1. The van der Waals surface area contributed by atoms with E-state index in [9.17, 15) is 9.90 Å². The molecule has 1 amide bonds. The normalized spacial score (nSPS) is 22.2. The third-order valence-corrected chi connectivity index (χ3v) is 6.19. The zero-order chi connectivity index (χ0) is 20.0. The van der Waals surface area contributed by atoms with Crippen LogP contribution in [-0.2, 0) is 4.79 Å². The van der Waals surface area contributed by atoms with Crippen LogP contribution in [0.4, 0.5) is 0 Å². The summed E-state index contributed by atoms with van der Waals surface area (Å²) < 4.78 is 0. The number of piperidine rings is 1. The largest absolute Gasteiger partial charge is 0.368 e. The van der Waals surface area contributed by atoms with E-state index in [1.807, 2.05) is 12.1 Å². The van der Waals surface area contributed by atoms with Gasteiger partial charge in [0.2, 0.25) is 5.91 Å². The van der Waals surface area contributed by atoms with Crippen LogP contribution in [0.2, 0.25) is 15.1 Å². The van der Waals surface area contributed by atoms with Gasteiger partial charge in [0.1, 0.15) is 0 Å². The molecule has 0 saturated carbocycles. The summed E-state index contributed by atoms with van der Waals surface area (Å²) in [5.74, 6) is 0.0339. The van der Waals surface area contributed by atoms with Crippen molar-refractivity contribution in [3.05, 3.63) is 68.2 Å². The summed E-state index contributed by atoms with van der Waals surface area (Å²) in [6.07, 6.45) is -0.00312. The molecule has 4 rings (SSSR count). The Hall–Kier alpha value is -1.79. The highest BCUT2D eigenvalue weighted by Crippen LogP contribution is 2.38. The minimum Gasteiger partial charge on any atom is -0.368 e. The molecule has 2 atom stereocenters. The van der Waals surface area contributed by atoms with Crippen molar-refractivity contribution in [1.29, 1.82) is 0 Å². The number of aliphatic hydroxyl groups is 1. The van der Waals surface area contributed by atoms with Crippen LogP contribution in [-0.4, -0.2) is 46.3 Å². The maximum Gasteiger partial charge on any atom is 0.224 e.